The molecule has 0 spiro atoms. The molecule has 2 heterocycles. The van der Waals surface area contributed by atoms with Crippen LogP contribution in [0, 0.1) is 0 Å². The second-order valence-corrected chi connectivity index (χ2v) is 5.14. The second kappa shape index (κ2) is 5.03. The van der Waals surface area contributed by atoms with Gasteiger partial charge in [-0.2, -0.15) is 8.42 Å². The van der Waals surface area contributed by atoms with Gasteiger partial charge in [0.25, 0.3) is 10.1 Å². The van der Waals surface area contributed by atoms with E-state index in [0.29, 0.717) is 11.5 Å². The Hall–Kier alpha value is 0.210. The predicted octanol–water partition coefficient (Wildman–Crippen LogP) is 0.127. The molecular weight excluding hydrogens is 251 g/mol. The molecule has 15 heavy (non-hydrogen) atoms. The molecule has 0 radical (unpaired) electrons. The summed E-state index contributed by atoms with van der Waals surface area (Å²) in [5.74, 6) is 0.721. The van der Waals surface area contributed by atoms with E-state index in [0.717, 1.165) is 0 Å². The van der Waals surface area contributed by atoms with Gasteiger partial charge < -0.3 is 9.47 Å². The fraction of sp³-hybridized carbons (Fsp3) is 0.429. The summed E-state index contributed by atoms with van der Waals surface area (Å²) in [7, 11) is -4.01. The van der Waals surface area contributed by atoms with Gasteiger partial charge in [-0.1, -0.05) is 0 Å². The average Bonchev–Trinajstić information content (AvgIpc) is 2.47. The zero-order chi connectivity index (χ0) is 10.2. The Labute approximate surface area is 113 Å². The van der Waals surface area contributed by atoms with E-state index in [1.165, 1.54) is 11.3 Å². The fourth-order valence-corrected chi connectivity index (χ4v) is 2.48. The molecule has 1 unspecified atom stereocenters. The molecule has 0 amide bonds. The van der Waals surface area contributed by atoms with Crippen LogP contribution < -0.4 is 9.47 Å². The van der Waals surface area contributed by atoms with Crippen molar-refractivity contribution in [1.82, 2.24) is 0 Å². The molecule has 1 aliphatic heterocycles. The zero-order valence-corrected chi connectivity index (χ0v) is 8.68. The number of ether oxygens (including phenoxy) is 2. The van der Waals surface area contributed by atoms with E-state index < -0.39 is 22.0 Å². The van der Waals surface area contributed by atoms with Crippen molar-refractivity contribution in [2.45, 2.75) is 6.10 Å². The number of thiophene rings is 1. The van der Waals surface area contributed by atoms with Gasteiger partial charge in [0.15, 0.2) is 11.5 Å². The summed E-state index contributed by atoms with van der Waals surface area (Å²) in [5, 5.41) is 3.50. The van der Waals surface area contributed by atoms with Gasteiger partial charge in [-0.3, -0.25) is 4.55 Å². The van der Waals surface area contributed by atoms with Crippen molar-refractivity contribution in [2.24, 2.45) is 0 Å². The Morgan fingerprint density at radius 2 is 2.13 bits per heavy atom. The van der Waals surface area contributed by atoms with E-state index in [9.17, 15) is 8.42 Å². The van der Waals surface area contributed by atoms with Crippen molar-refractivity contribution in [2.75, 3.05) is 12.4 Å². The maximum atomic E-state index is 10.6. The van der Waals surface area contributed by atoms with E-state index in [4.69, 9.17) is 14.0 Å². The summed E-state index contributed by atoms with van der Waals surface area (Å²) in [6.45, 7) is 0.142. The molecule has 2 rings (SSSR count). The molecule has 1 aromatic rings. The molecular formula is C7H9NaO5S2. The van der Waals surface area contributed by atoms with Crippen molar-refractivity contribution in [1.29, 1.82) is 0 Å². The molecule has 5 nitrogen and oxygen atoms in total. The molecule has 0 saturated heterocycles. The number of hydrogen-bond donors (Lipinski definition) is 1. The SMILES string of the molecule is O=S(=O)(O)CC1COc2cscc2O1.[NaH]. The molecule has 1 aromatic heterocycles. The molecule has 1 aliphatic rings. The van der Waals surface area contributed by atoms with Crippen LogP contribution >= 0.6 is 11.3 Å². The number of fused-ring (bicyclic) bond motifs is 1. The van der Waals surface area contributed by atoms with Gasteiger partial charge in [0, 0.05) is 10.8 Å². The van der Waals surface area contributed by atoms with Crippen molar-refractivity contribution in [3.63, 3.8) is 0 Å². The van der Waals surface area contributed by atoms with Crippen molar-refractivity contribution < 1.29 is 22.4 Å². The summed E-state index contributed by atoms with van der Waals surface area (Å²) in [5.41, 5.74) is 0. The first kappa shape index (κ1) is 13.3. The monoisotopic (exact) mass is 260 g/mol. The van der Waals surface area contributed by atoms with Gasteiger partial charge in [-0.15, -0.1) is 11.3 Å². The predicted molar refractivity (Wildman–Crippen MR) is 57.8 cm³/mol. The minimum atomic E-state index is -4.01. The second-order valence-electron chi connectivity index (χ2n) is 2.90. The van der Waals surface area contributed by atoms with Gasteiger partial charge in [0.1, 0.15) is 18.5 Å². The van der Waals surface area contributed by atoms with Gasteiger partial charge in [-0.25, -0.2) is 0 Å². The molecule has 8 heteroatoms. The van der Waals surface area contributed by atoms with Crippen LogP contribution in [-0.2, 0) is 10.1 Å². The summed E-state index contributed by atoms with van der Waals surface area (Å²) in [6.07, 6.45) is -0.632. The molecule has 0 aliphatic carbocycles. The Balaban J connectivity index is 0.00000112. The average molecular weight is 260 g/mol. The summed E-state index contributed by atoms with van der Waals surface area (Å²) < 4.78 is 40.3. The van der Waals surface area contributed by atoms with Gasteiger partial charge >= 0.3 is 29.6 Å². The Morgan fingerprint density at radius 1 is 1.47 bits per heavy atom. The molecule has 0 saturated carbocycles. The minimum absolute atomic E-state index is 0. The summed E-state index contributed by atoms with van der Waals surface area (Å²) >= 11 is 1.41. The Bertz CT molecular complexity index is 426. The Kier molecular flexibility index (Phi) is 4.45. The fourth-order valence-electron chi connectivity index (χ4n) is 1.18. The van der Waals surface area contributed by atoms with Crippen LogP contribution in [0.5, 0.6) is 11.5 Å². The van der Waals surface area contributed by atoms with Crippen LogP contribution in [0.2, 0.25) is 0 Å². The third-order valence-electron chi connectivity index (χ3n) is 1.71. The topological polar surface area (TPSA) is 72.8 Å². The third kappa shape index (κ3) is 3.61. The van der Waals surface area contributed by atoms with Gasteiger partial charge in [-0.05, 0) is 0 Å². The van der Waals surface area contributed by atoms with Crippen LogP contribution in [0.1, 0.15) is 0 Å². The molecule has 1 atom stereocenters. The summed E-state index contributed by atoms with van der Waals surface area (Å²) in [4.78, 5) is 0. The van der Waals surface area contributed by atoms with Gasteiger partial charge in [0.05, 0.1) is 0 Å². The first-order valence-electron chi connectivity index (χ1n) is 3.85. The molecule has 1 N–H and O–H groups in total. The number of rotatable bonds is 2. The van der Waals surface area contributed by atoms with Crippen LogP contribution in [0.15, 0.2) is 10.8 Å². The van der Waals surface area contributed by atoms with E-state index in [2.05, 4.69) is 0 Å². The molecule has 80 valence electrons. The normalized spacial score (nSPS) is 19.4. The van der Waals surface area contributed by atoms with Crippen LogP contribution in [0.25, 0.3) is 0 Å². The first-order valence-corrected chi connectivity index (χ1v) is 6.40. The van der Waals surface area contributed by atoms with E-state index in [-0.39, 0.29) is 36.2 Å². The maximum absolute atomic E-state index is 10.6. The molecule has 0 aromatic carbocycles. The van der Waals surface area contributed by atoms with E-state index in [1.807, 2.05) is 0 Å². The number of hydrogen-bond acceptors (Lipinski definition) is 5. The zero-order valence-electron chi connectivity index (χ0n) is 7.04. The Morgan fingerprint density at radius 3 is 2.80 bits per heavy atom. The molecule has 0 bridgehead atoms. The summed E-state index contributed by atoms with van der Waals surface area (Å²) in [6, 6.07) is 0. The van der Waals surface area contributed by atoms with Crippen LogP contribution in [0.3, 0.4) is 0 Å². The van der Waals surface area contributed by atoms with Gasteiger partial charge in [0.2, 0.25) is 0 Å². The van der Waals surface area contributed by atoms with E-state index >= 15 is 0 Å². The van der Waals surface area contributed by atoms with Crippen molar-refractivity contribution in [3.8, 4) is 11.5 Å². The van der Waals surface area contributed by atoms with Crippen molar-refractivity contribution >= 4 is 51.0 Å². The van der Waals surface area contributed by atoms with Crippen LogP contribution in [0.4, 0.5) is 0 Å². The molecule has 0 fully saturated rings. The first-order chi connectivity index (χ1) is 6.54. The standard InChI is InChI=1S/C7H8O5S2.Na.H/c8-14(9,10)4-5-1-11-6-2-13-3-7(6)12-5;;/h2-3,5H,1,4H2,(H,8,9,10);;. The van der Waals surface area contributed by atoms with Crippen molar-refractivity contribution in [3.05, 3.63) is 10.8 Å². The quantitative estimate of drug-likeness (QED) is 0.604. The van der Waals surface area contributed by atoms with E-state index in [1.54, 1.807) is 10.8 Å². The third-order valence-corrected chi connectivity index (χ3v) is 3.20. The van der Waals surface area contributed by atoms with Crippen LogP contribution in [-0.4, -0.2) is 61.0 Å².